The number of carbonyl (C=O) groups is 2. The van der Waals surface area contributed by atoms with Crippen LogP contribution in [0.3, 0.4) is 0 Å². The molecule has 1 aromatic heterocycles. The zero-order chi connectivity index (χ0) is 25.7. The molecule has 3 aromatic rings. The number of hydrogen-bond acceptors (Lipinski definition) is 4. The first kappa shape index (κ1) is 26.0. The fraction of sp³-hybridized carbons (Fsp3) is 0.393. The molecule has 0 saturated carbocycles. The first-order valence-corrected chi connectivity index (χ1v) is 12.0. The quantitative estimate of drug-likeness (QED) is 0.442. The summed E-state index contributed by atoms with van der Waals surface area (Å²) < 4.78 is 7.13. The number of benzene rings is 2. The van der Waals surface area contributed by atoms with Crippen LogP contribution in [0.2, 0.25) is 0 Å². The topological polar surface area (TPSA) is 76.5 Å². The smallest absolute Gasteiger partial charge is 0.246 e. The van der Waals surface area contributed by atoms with Gasteiger partial charge in [-0.3, -0.25) is 19.5 Å². The second-order valence-corrected chi connectivity index (χ2v) is 9.56. The lowest BCUT2D eigenvalue weighted by molar-refractivity contribution is -0.139. The molecule has 0 aliphatic rings. The third-order valence-electron chi connectivity index (χ3n) is 5.90. The van der Waals surface area contributed by atoms with Crippen LogP contribution in [-0.4, -0.2) is 46.0 Å². The molecule has 0 unspecified atom stereocenters. The van der Waals surface area contributed by atoms with E-state index in [9.17, 15) is 9.59 Å². The zero-order valence-electron chi connectivity index (χ0n) is 21.7. The van der Waals surface area contributed by atoms with Crippen LogP contribution >= 0.6 is 0 Å². The highest BCUT2D eigenvalue weighted by atomic mass is 16.5. The standard InChI is InChI=1S/C28H36N4O3/c1-18(2)21-8-12-23(13-9-21)32-16-25(22-10-14-24(35-7)15-11-22)29-28(32)30-26(33)17-31(20(5)6)27(34)19(3)4/h8-16,18-20H,17H2,1-7H3,(H,29,30,33). The lowest BCUT2D eigenvalue weighted by atomic mass is 10.0. The minimum absolute atomic E-state index is 0.0360. The Morgan fingerprint density at radius 1 is 0.971 bits per heavy atom. The molecule has 1 N–H and O–H groups in total. The van der Waals surface area contributed by atoms with Gasteiger partial charge in [0.1, 0.15) is 12.3 Å². The van der Waals surface area contributed by atoms with Crippen molar-refractivity contribution in [1.82, 2.24) is 14.5 Å². The van der Waals surface area contributed by atoms with E-state index in [2.05, 4.69) is 31.3 Å². The zero-order valence-corrected chi connectivity index (χ0v) is 21.7. The van der Waals surface area contributed by atoms with Crippen LogP contribution in [0.4, 0.5) is 5.95 Å². The molecule has 0 bridgehead atoms. The Kier molecular flexibility index (Phi) is 8.33. The highest BCUT2D eigenvalue weighted by Crippen LogP contribution is 2.27. The van der Waals surface area contributed by atoms with E-state index >= 15 is 0 Å². The van der Waals surface area contributed by atoms with Crippen LogP contribution in [0, 0.1) is 5.92 Å². The van der Waals surface area contributed by atoms with Gasteiger partial charge in [0.05, 0.1) is 12.8 Å². The summed E-state index contributed by atoms with van der Waals surface area (Å²) in [6.07, 6.45) is 1.90. The van der Waals surface area contributed by atoms with E-state index in [0.29, 0.717) is 11.9 Å². The Morgan fingerprint density at radius 3 is 2.11 bits per heavy atom. The van der Waals surface area contributed by atoms with Gasteiger partial charge in [-0.25, -0.2) is 4.98 Å². The number of ether oxygens (including phenoxy) is 1. The van der Waals surface area contributed by atoms with Gasteiger partial charge < -0.3 is 9.64 Å². The number of nitrogens with zero attached hydrogens (tertiary/aromatic N) is 3. The molecule has 2 amide bonds. The van der Waals surface area contributed by atoms with Gasteiger partial charge in [-0.15, -0.1) is 0 Å². The number of carbonyl (C=O) groups excluding carboxylic acids is 2. The van der Waals surface area contributed by atoms with E-state index in [1.165, 1.54) is 5.56 Å². The number of amides is 2. The summed E-state index contributed by atoms with van der Waals surface area (Å²) in [5, 5.41) is 2.93. The molecular formula is C28H36N4O3. The molecule has 0 spiro atoms. The van der Waals surface area contributed by atoms with Gasteiger partial charge in [0.2, 0.25) is 17.8 Å². The predicted molar refractivity (Wildman–Crippen MR) is 140 cm³/mol. The summed E-state index contributed by atoms with van der Waals surface area (Å²) in [4.78, 5) is 32.0. The first-order chi connectivity index (χ1) is 16.6. The summed E-state index contributed by atoms with van der Waals surface area (Å²) >= 11 is 0. The van der Waals surface area contributed by atoms with Crippen molar-refractivity contribution in [1.29, 1.82) is 0 Å². The van der Waals surface area contributed by atoms with E-state index in [4.69, 9.17) is 9.72 Å². The monoisotopic (exact) mass is 476 g/mol. The minimum atomic E-state index is -0.292. The van der Waals surface area contributed by atoms with Gasteiger partial charge in [-0.1, -0.05) is 39.8 Å². The molecule has 1 heterocycles. The van der Waals surface area contributed by atoms with E-state index in [-0.39, 0.29) is 30.3 Å². The average Bonchev–Trinajstić information content (AvgIpc) is 3.25. The largest absolute Gasteiger partial charge is 0.497 e. The van der Waals surface area contributed by atoms with Gasteiger partial charge in [0.25, 0.3) is 0 Å². The van der Waals surface area contributed by atoms with E-state index < -0.39 is 0 Å². The Hall–Kier alpha value is -3.61. The second-order valence-electron chi connectivity index (χ2n) is 9.56. The lowest BCUT2D eigenvalue weighted by Gasteiger charge is -2.27. The van der Waals surface area contributed by atoms with Gasteiger partial charge in [-0.2, -0.15) is 0 Å². The van der Waals surface area contributed by atoms with Crippen molar-refractivity contribution >= 4 is 17.8 Å². The normalized spacial score (nSPS) is 11.3. The van der Waals surface area contributed by atoms with Gasteiger partial charge >= 0.3 is 0 Å². The van der Waals surface area contributed by atoms with Crippen molar-refractivity contribution < 1.29 is 14.3 Å². The molecule has 7 heteroatoms. The molecule has 0 radical (unpaired) electrons. The molecule has 2 aromatic carbocycles. The number of anilines is 1. The summed E-state index contributed by atoms with van der Waals surface area (Å²) in [5.41, 5.74) is 3.73. The fourth-order valence-corrected chi connectivity index (χ4v) is 3.75. The third kappa shape index (κ3) is 6.29. The molecule has 186 valence electrons. The molecule has 0 aliphatic carbocycles. The van der Waals surface area contributed by atoms with Gasteiger partial charge in [-0.05, 0) is 61.7 Å². The summed E-state index contributed by atoms with van der Waals surface area (Å²) in [6, 6.07) is 15.7. The van der Waals surface area contributed by atoms with E-state index in [1.807, 2.05) is 74.9 Å². The van der Waals surface area contributed by atoms with Gasteiger partial charge in [0.15, 0.2) is 0 Å². The number of rotatable bonds is 9. The summed E-state index contributed by atoms with van der Waals surface area (Å²) in [7, 11) is 1.63. The maximum atomic E-state index is 13.0. The summed E-state index contributed by atoms with van der Waals surface area (Å²) in [6.45, 7) is 11.8. The molecule has 7 nitrogen and oxygen atoms in total. The van der Waals surface area contributed by atoms with Crippen LogP contribution in [0.25, 0.3) is 16.9 Å². The van der Waals surface area contributed by atoms with Crippen molar-refractivity contribution in [2.45, 2.75) is 53.5 Å². The highest BCUT2D eigenvalue weighted by Gasteiger charge is 2.23. The fourth-order valence-electron chi connectivity index (χ4n) is 3.75. The maximum absolute atomic E-state index is 13.0. The highest BCUT2D eigenvalue weighted by molar-refractivity contribution is 5.94. The molecule has 0 atom stereocenters. The minimum Gasteiger partial charge on any atom is -0.497 e. The number of hydrogen-bond donors (Lipinski definition) is 1. The molecule has 0 saturated heterocycles. The van der Waals surface area contributed by atoms with Gasteiger partial charge in [0, 0.05) is 29.4 Å². The van der Waals surface area contributed by atoms with Crippen LogP contribution in [-0.2, 0) is 9.59 Å². The molecule has 0 fully saturated rings. The Bertz CT molecular complexity index is 1150. The lowest BCUT2D eigenvalue weighted by Crippen LogP contribution is -2.44. The predicted octanol–water partition coefficient (Wildman–Crippen LogP) is 5.50. The molecule has 3 rings (SSSR count). The number of nitrogens with one attached hydrogen (secondary N) is 1. The third-order valence-corrected chi connectivity index (χ3v) is 5.90. The molecule has 35 heavy (non-hydrogen) atoms. The number of aromatic nitrogens is 2. The van der Waals surface area contributed by atoms with Crippen LogP contribution in [0.5, 0.6) is 5.75 Å². The van der Waals surface area contributed by atoms with Crippen LogP contribution < -0.4 is 10.1 Å². The number of imidazole rings is 1. The molecule has 0 aliphatic heterocycles. The number of methoxy groups -OCH3 is 1. The van der Waals surface area contributed by atoms with Crippen molar-refractivity contribution in [3.8, 4) is 22.7 Å². The van der Waals surface area contributed by atoms with Crippen LogP contribution in [0.1, 0.15) is 53.0 Å². The van der Waals surface area contributed by atoms with Crippen LogP contribution in [0.15, 0.2) is 54.7 Å². The van der Waals surface area contributed by atoms with Crippen molar-refractivity contribution in [2.75, 3.05) is 19.0 Å². The van der Waals surface area contributed by atoms with E-state index in [0.717, 1.165) is 22.7 Å². The van der Waals surface area contributed by atoms with E-state index in [1.54, 1.807) is 12.0 Å². The second kappa shape index (κ2) is 11.2. The Morgan fingerprint density at radius 2 is 1.60 bits per heavy atom. The Balaban J connectivity index is 1.95. The average molecular weight is 477 g/mol. The van der Waals surface area contributed by atoms with Crippen molar-refractivity contribution in [3.05, 3.63) is 60.3 Å². The SMILES string of the molecule is COc1ccc(-c2cn(-c3ccc(C(C)C)cc3)c(NC(=O)CN(C(=O)C(C)C)C(C)C)n2)cc1. The first-order valence-electron chi connectivity index (χ1n) is 12.0. The Labute approximate surface area is 208 Å². The molecular weight excluding hydrogens is 440 g/mol. The maximum Gasteiger partial charge on any atom is 0.246 e. The van der Waals surface area contributed by atoms with Crippen molar-refractivity contribution in [2.24, 2.45) is 5.92 Å². The van der Waals surface area contributed by atoms with Crippen molar-refractivity contribution in [3.63, 3.8) is 0 Å². The summed E-state index contributed by atoms with van der Waals surface area (Å²) in [5.74, 6) is 1.05.